The zero-order chi connectivity index (χ0) is 14.4. The smallest absolute Gasteiger partial charge is 0.219 e. The lowest BCUT2D eigenvalue weighted by Crippen LogP contribution is -2.22. The molecule has 0 heterocycles. The first kappa shape index (κ1) is 13.7. The van der Waals surface area contributed by atoms with Crippen LogP contribution < -0.4 is 11.2 Å². The number of nitrogens with two attached hydrogens (primary N) is 1. The van der Waals surface area contributed by atoms with Crippen LogP contribution in [0, 0.1) is 5.53 Å². The van der Waals surface area contributed by atoms with Crippen LogP contribution in [0.3, 0.4) is 0 Å². The number of rotatable bonds is 6. The molecule has 4 N–H and O–H groups in total. The minimum atomic E-state index is -0.432. The van der Waals surface area contributed by atoms with E-state index in [1.807, 2.05) is 54.6 Å². The van der Waals surface area contributed by atoms with E-state index in [2.05, 4.69) is 10.6 Å². The lowest BCUT2D eigenvalue weighted by atomic mass is 9.99. The van der Waals surface area contributed by atoms with Crippen LogP contribution in [-0.4, -0.2) is 5.91 Å². The van der Waals surface area contributed by atoms with Crippen molar-refractivity contribution in [1.82, 2.24) is 5.43 Å². The molecule has 0 aromatic heterocycles. The Morgan fingerprint density at radius 3 is 2.25 bits per heavy atom. The Bertz CT molecular complexity index is 581. The van der Waals surface area contributed by atoms with Gasteiger partial charge in [0.25, 0.3) is 0 Å². The molecule has 2 rings (SSSR count). The number of carbonyl (C=O) groups is 1. The van der Waals surface area contributed by atoms with Gasteiger partial charge in [-0.1, -0.05) is 59.8 Å². The molecule has 1 amide bonds. The third kappa shape index (κ3) is 3.41. The molecule has 0 saturated heterocycles. The van der Waals surface area contributed by atoms with Crippen LogP contribution in [0.1, 0.15) is 18.0 Å². The minimum Gasteiger partial charge on any atom is -0.370 e. The molecule has 0 radical (unpaired) electrons. The van der Waals surface area contributed by atoms with Crippen LogP contribution in [0.25, 0.3) is 11.1 Å². The molecule has 20 heavy (non-hydrogen) atoms. The monoisotopic (exact) mass is 268 g/mol. The molecule has 0 aliphatic carbocycles. The molecule has 0 fully saturated rings. The Morgan fingerprint density at radius 1 is 1.10 bits per heavy atom. The summed E-state index contributed by atoms with van der Waals surface area (Å²) >= 11 is 0. The molecule has 0 bridgehead atoms. The first-order valence-corrected chi connectivity index (χ1v) is 6.26. The SMILES string of the molecule is N=NNC(CC(N)=O)c1ccc(-c2ccccc2)cc1. The molecule has 1 unspecified atom stereocenters. The van der Waals surface area contributed by atoms with Crippen molar-refractivity contribution in [1.29, 1.82) is 5.53 Å². The second-order valence-electron chi connectivity index (χ2n) is 4.45. The summed E-state index contributed by atoms with van der Waals surface area (Å²) in [6.45, 7) is 0. The fraction of sp³-hybridized carbons (Fsp3) is 0.133. The zero-order valence-corrected chi connectivity index (χ0v) is 10.9. The fourth-order valence-corrected chi connectivity index (χ4v) is 2.06. The molecular weight excluding hydrogens is 252 g/mol. The van der Waals surface area contributed by atoms with Crippen LogP contribution in [0.4, 0.5) is 0 Å². The van der Waals surface area contributed by atoms with E-state index < -0.39 is 5.91 Å². The molecule has 1 atom stereocenters. The third-order valence-corrected chi connectivity index (χ3v) is 3.05. The summed E-state index contributed by atoms with van der Waals surface area (Å²) in [5, 5.41) is 3.14. The summed E-state index contributed by atoms with van der Waals surface area (Å²) in [5.41, 5.74) is 17.7. The number of benzene rings is 2. The summed E-state index contributed by atoms with van der Waals surface area (Å²) in [6, 6.07) is 17.4. The molecule has 2 aromatic carbocycles. The summed E-state index contributed by atoms with van der Waals surface area (Å²) in [5.74, 6) is -0.432. The Hall–Kier alpha value is -2.69. The first-order valence-electron chi connectivity index (χ1n) is 6.26. The normalized spacial score (nSPS) is 11.6. The summed E-state index contributed by atoms with van der Waals surface area (Å²) in [4.78, 5) is 11.0. The van der Waals surface area contributed by atoms with E-state index in [1.165, 1.54) is 0 Å². The highest BCUT2D eigenvalue weighted by Gasteiger charge is 2.13. The van der Waals surface area contributed by atoms with Gasteiger partial charge in [0.1, 0.15) is 0 Å². The van der Waals surface area contributed by atoms with Gasteiger partial charge < -0.3 is 5.73 Å². The lowest BCUT2D eigenvalue weighted by molar-refractivity contribution is -0.118. The highest BCUT2D eigenvalue weighted by Crippen LogP contribution is 2.23. The molecule has 0 aliphatic rings. The number of nitrogens with one attached hydrogen (secondary N) is 2. The van der Waals surface area contributed by atoms with E-state index in [0.717, 1.165) is 16.7 Å². The van der Waals surface area contributed by atoms with Gasteiger partial charge in [-0.3, -0.25) is 10.2 Å². The molecule has 0 spiro atoms. The minimum absolute atomic E-state index is 0.104. The van der Waals surface area contributed by atoms with Crippen LogP contribution in [0.2, 0.25) is 0 Å². The average Bonchev–Trinajstić information content (AvgIpc) is 2.47. The van der Waals surface area contributed by atoms with Crippen LogP contribution in [-0.2, 0) is 4.79 Å². The average molecular weight is 268 g/mol. The Labute approximate surface area is 117 Å². The zero-order valence-electron chi connectivity index (χ0n) is 10.9. The lowest BCUT2D eigenvalue weighted by Gasteiger charge is -2.14. The van der Waals surface area contributed by atoms with Gasteiger partial charge in [-0.15, -0.1) is 0 Å². The second kappa shape index (κ2) is 6.47. The highest BCUT2D eigenvalue weighted by atomic mass is 16.1. The van der Waals surface area contributed by atoms with E-state index in [-0.39, 0.29) is 12.5 Å². The van der Waals surface area contributed by atoms with Crippen LogP contribution in [0.15, 0.2) is 59.8 Å². The van der Waals surface area contributed by atoms with Crippen molar-refractivity contribution >= 4 is 5.91 Å². The quantitative estimate of drug-likeness (QED) is 0.555. The topological polar surface area (TPSA) is 91.3 Å². The standard InChI is InChI=1S/C15H16N4O/c16-15(20)10-14(18-19-17)13-8-6-12(7-9-13)11-4-2-1-3-5-11/h1-9,14H,10H2,(H2,16,20)(H2,17,18). The molecule has 102 valence electrons. The number of nitrogens with zero attached hydrogens (tertiary/aromatic N) is 1. The van der Waals surface area contributed by atoms with Gasteiger partial charge in [-0.25, -0.2) is 0 Å². The molecule has 0 saturated carbocycles. The van der Waals surface area contributed by atoms with Gasteiger partial charge in [-0.05, 0) is 16.7 Å². The highest BCUT2D eigenvalue weighted by molar-refractivity contribution is 5.74. The Kier molecular flexibility index (Phi) is 4.44. The second-order valence-corrected chi connectivity index (χ2v) is 4.45. The van der Waals surface area contributed by atoms with Gasteiger partial charge >= 0.3 is 0 Å². The van der Waals surface area contributed by atoms with E-state index in [9.17, 15) is 4.79 Å². The maximum atomic E-state index is 11.0. The predicted octanol–water partition coefficient (Wildman–Crippen LogP) is 2.81. The predicted molar refractivity (Wildman–Crippen MR) is 76.7 cm³/mol. The van der Waals surface area contributed by atoms with Gasteiger partial charge in [0, 0.05) is 0 Å². The maximum absolute atomic E-state index is 11.0. The summed E-state index contributed by atoms with van der Waals surface area (Å²) in [7, 11) is 0. The van der Waals surface area contributed by atoms with E-state index in [1.54, 1.807) is 0 Å². The maximum Gasteiger partial charge on any atom is 0.219 e. The van der Waals surface area contributed by atoms with Crippen molar-refractivity contribution in [3.05, 3.63) is 60.2 Å². The van der Waals surface area contributed by atoms with Crippen LogP contribution >= 0.6 is 0 Å². The van der Waals surface area contributed by atoms with Crippen molar-refractivity contribution in [2.75, 3.05) is 0 Å². The van der Waals surface area contributed by atoms with Crippen LogP contribution in [0.5, 0.6) is 0 Å². The van der Waals surface area contributed by atoms with Gasteiger partial charge in [0.2, 0.25) is 5.91 Å². The van der Waals surface area contributed by atoms with Crippen molar-refractivity contribution < 1.29 is 4.79 Å². The summed E-state index contributed by atoms with van der Waals surface area (Å²) in [6.07, 6.45) is 0.104. The molecular formula is C15H16N4O. The van der Waals surface area contributed by atoms with Crippen molar-refractivity contribution in [2.45, 2.75) is 12.5 Å². The number of amides is 1. The molecule has 5 heteroatoms. The molecule has 0 aliphatic heterocycles. The van der Waals surface area contributed by atoms with Crippen molar-refractivity contribution in [2.24, 2.45) is 11.0 Å². The number of carbonyl (C=O) groups excluding carboxylic acids is 1. The molecule has 2 aromatic rings. The largest absolute Gasteiger partial charge is 0.370 e. The number of hydrogen-bond donors (Lipinski definition) is 3. The van der Waals surface area contributed by atoms with E-state index in [4.69, 9.17) is 11.3 Å². The van der Waals surface area contributed by atoms with Gasteiger partial charge in [-0.2, -0.15) is 5.53 Å². The van der Waals surface area contributed by atoms with Crippen molar-refractivity contribution in [3.63, 3.8) is 0 Å². The third-order valence-electron chi connectivity index (χ3n) is 3.05. The number of hydrogen-bond acceptors (Lipinski definition) is 3. The Balaban J connectivity index is 2.21. The van der Waals surface area contributed by atoms with Gasteiger partial charge in [0.15, 0.2) is 0 Å². The molecule has 5 nitrogen and oxygen atoms in total. The Morgan fingerprint density at radius 2 is 1.70 bits per heavy atom. The van der Waals surface area contributed by atoms with E-state index in [0.29, 0.717) is 0 Å². The fourth-order valence-electron chi connectivity index (χ4n) is 2.06. The van der Waals surface area contributed by atoms with Gasteiger partial charge in [0.05, 0.1) is 12.5 Å². The van der Waals surface area contributed by atoms with E-state index >= 15 is 0 Å². The van der Waals surface area contributed by atoms with Crippen molar-refractivity contribution in [3.8, 4) is 11.1 Å². The first-order chi connectivity index (χ1) is 9.70. The number of primary amides is 1. The summed E-state index contributed by atoms with van der Waals surface area (Å²) < 4.78 is 0.